The molecule has 0 saturated heterocycles. The predicted octanol–water partition coefficient (Wildman–Crippen LogP) is 3.68. The third kappa shape index (κ3) is 2.39. The highest BCUT2D eigenvalue weighted by Crippen LogP contribution is 2.37. The van der Waals surface area contributed by atoms with Gasteiger partial charge in [0.05, 0.1) is 17.8 Å². The highest BCUT2D eigenvalue weighted by molar-refractivity contribution is 5.93. The van der Waals surface area contributed by atoms with Crippen molar-refractivity contribution < 1.29 is 28.2 Å². The van der Waals surface area contributed by atoms with Crippen molar-refractivity contribution in [2.45, 2.75) is 0 Å². The normalized spacial score (nSPS) is 12.5. The number of rotatable bonds is 2. The number of nitrogens with zero attached hydrogens (tertiary/aromatic N) is 1. The van der Waals surface area contributed by atoms with Crippen molar-refractivity contribution in [3.63, 3.8) is 0 Å². The average molecular weight is 357 g/mol. The summed E-state index contributed by atoms with van der Waals surface area (Å²) in [6.45, 7) is 0. The standard InChI is InChI=1S/C18H9F2NO5/c19-11-6-10-15-17(14(11)20)25-12(9-4-2-1-3-5-9)7-21(15)8-13(16(10)22)26-18(23)24/h1-8H,(H,23,24). The number of carbonyl (C=O) groups is 1. The molecule has 1 aromatic heterocycles. The van der Waals surface area contributed by atoms with Crippen molar-refractivity contribution in [2.24, 2.45) is 0 Å². The highest BCUT2D eigenvalue weighted by atomic mass is 19.2. The van der Waals surface area contributed by atoms with Gasteiger partial charge in [0.2, 0.25) is 11.2 Å². The predicted molar refractivity (Wildman–Crippen MR) is 88.0 cm³/mol. The van der Waals surface area contributed by atoms with Crippen molar-refractivity contribution in [3.8, 4) is 11.5 Å². The summed E-state index contributed by atoms with van der Waals surface area (Å²) in [5, 5.41) is 8.52. The van der Waals surface area contributed by atoms with Crippen molar-refractivity contribution >= 4 is 29.0 Å². The number of aromatic nitrogens is 1. The first-order valence-corrected chi connectivity index (χ1v) is 7.38. The molecular weight excluding hydrogens is 348 g/mol. The van der Waals surface area contributed by atoms with Crippen LogP contribution in [0.25, 0.3) is 22.9 Å². The zero-order valence-electron chi connectivity index (χ0n) is 12.9. The summed E-state index contributed by atoms with van der Waals surface area (Å²) >= 11 is 0. The summed E-state index contributed by atoms with van der Waals surface area (Å²) in [5.74, 6) is -3.35. The van der Waals surface area contributed by atoms with Crippen molar-refractivity contribution in [1.82, 2.24) is 4.57 Å². The van der Waals surface area contributed by atoms with E-state index < -0.39 is 34.7 Å². The quantitative estimate of drug-likeness (QED) is 0.708. The highest BCUT2D eigenvalue weighted by Gasteiger charge is 2.26. The summed E-state index contributed by atoms with van der Waals surface area (Å²) in [6.07, 6.45) is 0.817. The van der Waals surface area contributed by atoms with E-state index in [1.54, 1.807) is 30.3 Å². The molecule has 0 amide bonds. The molecular formula is C18H9F2NO5. The molecule has 4 rings (SSSR count). The van der Waals surface area contributed by atoms with E-state index in [2.05, 4.69) is 4.74 Å². The van der Waals surface area contributed by atoms with Crippen LogP contribution in [0.1, 0.15) is 5.56 Å². The Morgan fingerprint density at radius 1 is 1.19 bits per heavy atom. The molecule has 0 fully saturated rings. The first kappa shape index (κ1) is 15.8. The minimum absolute atomic E-state index is 0.0219. The Morgan fingerprint density at radius 2 is 1.92 bits per heavy atom. The lowest BCUT2D eigenvalue weighted by molar-refractivity contribution is 0.144. The molecule has 0 atom stereocenters. The number of ether oxygens (including phenoxy) is 2. The molecule has 6 nitrogen and oxygen atoms in total. The van der Waals surface area contributed by atoms with Crippen molar-refractivity contribution in [1.29, 1.82) is 0 Å². The third-order valence-electron chi connectivity index (χ3n) is 3.86. The Hall–Kier alpha value is -3.68. The summed E-state index contributed by atoms with van der Waals surface area (Å²) in [5.41, 5.74) is -0.334. The van der Waals surface area contributed by atoms with Crippen LogP contribution in [-0.2, 0) is 0 Å². The Bertz CT molecular complexity index is 1150. The van der Waals surface area contributed by atoms with E-state index in [4.69, 9.17) is 9.84 Å². The summed E-state index contributed by atoms with van der Waals surface area (Å²) in [4.78, 5) is 23.2. The average Bonchev–Trinajstić information content (AvgIpc) is 2.63. The number of hydrogen-bond acceptors (Lipinski definition) is 4. The SMILES string of the molecule is O=C(O)Oc1cn2c3c(c(F)c(F)cc3c1=O)OC(c1ccccc1)=C2. The number of hydrogen-bond donors (Lipinski definition) is 1. The Labute approximate surface area is 144 Å². The van der Waals surface area contributed by atoms with Gasteiger partial charge in [-0.05, 0) is 6.07 Å². The second kappa shape index (κ2) is 5.69. The topological polar surface area (TPSA) is 77.8 Å². The molecule has 26 heavy (non-hydrogen) atoms. The molecule has 0 radical (unpaired) electrons. The fourth-order valence-corrected chi connectivity index (χ4v) is 2.77. The molecule has 0 unspecified atom stereocenters. The fourth-order valence-electron chi connectivity index (χ4n) is 2.77. The maximum Gasteiger partial charge on any atom is 0.511 e. The van der Waals surface area contributed by atoms with Gasteiger partial charge in [-0.15, -0.1) is 0 Å². The molecule has 0 saturated carbocycles. The summed E-state index contributed by atoms with van der Waals surface area (Å²) in [6, 6.07) is 9.32. The van der Waals surface area contributed by atoms with Crippen LogP contribution in [0, 0.1) is 11.6 Å². The second-order valence-corrected chi connectivity index (χ2v) is 5.46. The van der Waals surface area contributed by atoms with Gasteiger partial charge in [0.15, 0.2) is 23.1 Å². The molecule has 1 N–H and O–H groups in total. The van der Waals surface area contributed by atoms with Crippen LogP contribution in [0.2, 0.25) is 0 Å². The van der Waals surface area contributed by atoms with Crippen LogP contribution in [0.15, 0.2) is 47.4 Å². The molecule has 2 aromatic carbocycles. The van der Waals surface area contributed by atoms with Gasteiger partial charge in [-0.1, -0.05) is 30.3 Å². The first-order valence-electron chi connectivity index (χ1n) is 7.38. The molecule has 130 valence electrons. The van der Waals surface area contributed by atoms with Crippen LogP contribution in [-0.4, -0.2) is 15.8 Å². The largest absolute Gasteiger partial charge is 0.511 e. The molecule has 0 aliphatic carbocycles. The van der Waals surface area contributed by atoms with Crippen LogP contribution in [0.3, 0.4) is 0 Å². The van der Waals surface area contributed by atoms with Gasteiger partial charge in [0, 0.05) is 5.56 Å². The van der Waals surface area contributed by atoms with E-state index >= 15 is 0 Å². The van der Waals surface area contributed by atoms with E-state index in [-0.39, 0.29) is 16.7 Å². The molecule has 1 aliphatic heterocycles. The molecule has 0 spiro atoms. The minimum Gasteiger partial charge on any atom is -0.450 e. The van der Waals surface area contributed by atoms with E-state index in [0.717, 1.165) is 6.20 Å². The molecule has 3 aromatic rings. The van der Waals surface area contributed by atoms with Crippen LogP contribution < -0.4 is 14.9 Å². The lowest BCUT2D eigenvalue weighted by atomic mass is 10.1. The summed E-state index contributed by atoms with van der Waals surface area (Å²) in [7, 11) is 0. The number of pyridine rings is 1. The Kier molecular flexibility index (Phi) is 3.47. The summed E-state index contributed by atoms with van der Waals surface area (Å²) < 4.78 is 39.5. The zero-order valence-corrected chi connectivity index (χ0v) is 12.9. The molecule has 2 heterocycles. The Morgan fingerprint density at radius 3 is 2.62 bits per heavy atom. The lowest BCUT2D eigenvalue weighted by Gasteiger charge is -2.21. The van der Waals surface area contributed by atoms with Crippen LogP contribution in [0.4, 0.5) is 13.6 Å². The number of halogens is 2. The van der Waals surface area contributed by atoms with Gasteiger partial charge in [-0.25, -0.2) is 9.18 Å². The van der Waals surface area contributed by atoms with E-state index in [1.807, 2.05) is 0 Å². The Balaban J connectivity index is 2.05. The van der Waals surface area contributed by atoms with Gasteiger partial charge in [0.25, 0.3) is 0 Å². The zero-order chi connectivity index (χ0) is 18.4. The molecule has 8 heteroatoms. The lowest BCUT2D eigenvalue weighted by Crippen LogP contribution is -2.18. The van der Waals surface area contributed by atoms with E-state index in [1.165, 1.54) is 10.8 Å². The van der Waals surface area contributed by atoms with Gasteiger partial charge >= 0.3 is 6.16 Å². The van der Waals surface area contributed by atoms with Crippen molar-refractivity contribution in [3.05, 3.63) is 70.0 Å². The fraction of sp³-hybridized carbons (Fsp3) is 0. The number of benzene rings is 2. The maximum atomic E-state index is 14.3. The smallest absolute Gasteiger partial charge is 0.450 e. The van der Waals surface area contributed by atoms with Gasteiger partial charge < -0.3 is 19.1 Å². The third-order valence-corrected chi connectivity index (χ3v) is 3.86. The van der Waals surface area contributed by atoms with Crippen LogP contribution >= 0.6 is 0 Å². The minimum atomic E-state index is -1.70. The van der Waals surface area contributed by atoms with Crippen molar-refractivity contribution in [2.75, 3.05) is 0 Å². The van der Waals surface area contributed by atoms with Gasteiger partial charge in [-0.3, -0.25) is 4.79 Å². The van der Waals surface area contributed by atoms with Gasteiger partial charge in [0.1, 0.15) is 5.52 Å². The monoisotopic (exact) mass is 357 g/mol. The van der Waals surface area contributed by atoms with E-state index in [9.17, 15) is 18.4 Å². The number of carboxylic acid groups (broad SMARTS) is 1. The maximum absolute atomic E-state index is 14.3. The molecule has 1 aliphatic rings. The van der Waals surface area contributed by atoms with Crippen LogP contribution in [0.5, 0.6) is 11.5 Å². The first-order chi connectivity index (χ1) is 12.5. The van der Waals surface area contributed by atoms with E-state index in [0.29, 0.717) is 11.6 Å². The second-order valence-electron chi connectivity index (χ2n) is 5.46. The molecule has 0 bridgehead atoms. The van der Waals surface area contributed by atoms with Gasteiger partial charge in [-0.2, -0.15) is 4.39 Å².